The minimum atomic E-state index is -0.203. The fourth-order valence-electron chi connectivity index (χ4n) is 2.36. The van der Waals surface area contributed by atoms with Gasteiger partial charge in [-0.25, -0.2) is 0 Å². The Morgan fingerprint density at radius 1 is 1.43 bits per heavy atom. The van der Waals surface area contributed by atoms with Gasteiger partial charge in [0.05, 0.1) is 29.5 Å². The summed E-state index contributed by atoms with van der Waals surface area (Å²) in [4.78, 5) is 14.1. The lowest BCUT2D eigenvalue weighted by Gasteiger charge is -2.36. The Morgan fingerprint density at radius 2 is 2.14 bits per heavy atom. The molecule has 0 spiro atoms. The van der Waals surface area contributed by atoms with Crippen molar-refractivity contribution >= 4 is 40.5 Å². The van der Waals surface area contributed by atoms with Crippen molar-refractivity contribution in [2.24, 2.45) is 0 Å². The Bertz CT molecular complexity index is 498. The van der Waals surface area contributed by atoms with Crippen LogP contribution in [0.25, 0.3) is 0 Å². The second-order valence-electron chi connectivity index (χ2n) is 5.18. The van der Waals surface area contributed by atoms with E-state index in [1.165, 1.54) is 12.5 Å². The van der Waals surface area contributed by atoms with E-state index in [1.54, 1.807) is 6.07 Å². The van der Waals surface area contributed by atoms with E-state index in [1.807, 2.05) is 4.90 Å². The lowest BCUT2D eigenvalue weighted by atomic mass is 9.91. The van der Waals surface area contributed by atoms with E-state index in [0.717, 1.165) is 12.8 Å². The average molecular weight is 332 g/mol. The maximum absolute atomic E-state index is 12.1. The molecule has 1 aliphatic carbocycles. The fraction of sp³-hybridized carbons (Fsp3) is 0.500. The number of amides is 1. The van der Waals surface area contributed by atoms with Crippen molar-refractivity contribution in [3.8, 4) is 0 Å². The Kier molecular flexibility index (Phi) is 5.70. The topological polar surface area (TPSA) is 78.6 Å². The van der Waals surface area contributed by atoms with Crippen molar-refractivity contribution in [3.05, 3.63) is 22.2 Å². The standard InChI is InChI=1S/C14H19Cl2N3O2/c15-9-6-11(16)14(12(17)7-9)18-13(21)8-19(4-5-20)10-2-1-3-10/h6-7,10,20H,1-5,8,17H2,(H,18,21). The molecule has 0 saturated heterocycles. The lowest BCUT2D eigenvalue weighted by molar-refractivity contribution is -0.118. The van der Waals surface area contributed by atoms with Crippen LogP contribution in [0.15, 0.2) is 12.1 Å². The molecule has 5 nitrogen and oxygen atoms in total. The van der Waals surface area contributed by atoms with Gasteiger partial charge in [0, 0.05) is 17.6 Å². The van der Waals surface area contributed by atoms with Crippen LogP contribution >= 0.6 is 23.2 Å². The molecule has 2 rings (SSSR count). The highest BCUT2D eigenvalue weighted by Crippen LogP contribution is 2.32. The highest BCUT2D eigenvalue weighted by atomic mass is 35.5. The van der Waals surface area contributed by atoms with E-state index in [0.29, 0.717) is 34.0 Å². The summed E-state index contributed by atoms with van der Waals surface area (Å²) in [6.07, 6.45) is 3.30. The van der Waals surface area contributed by atoms with E-state index >= 15 is 0 Å². The lowest BCUT2D eigenvalue weighted by Crippen LogP contribution is -2.45. The number of nitrogens with one attached hydrogen (secondary N) is 1. The molecule has 0 bridgehead atoms. The molecule has 0 atom stereocenters. The van der Waals surface area contributed by atoms with Gasteiger partial charge in [0.1, 0.15) is 0 Å². The fourth-order valence-corrected chi connectivity index (χ4v) is 2.92. The van der Waals surface area contributed by atoms with Gasteiger partial charge in [-0.3, -0.25) is 9.69 Å². The molecule has 116 valence electrons. The van der Waals surface area contributed by atoms with Crippen LogP contribution < -0.4 is 11.1 Å². The number of aliphatic hydroxyl groups excluding tert-OH is 1. The van der Waals surface area contributed by atoms with Crippen molar-refractivity contribution in [2.45, 2.75) is 25.3 Å². The number of nitrogens with zero attached hydrogens (tertiary/aromatic N) is 1. The summed E-state index contributed by atoms with van der Waals surface area (Å²) in [7, 11) is 0. The Labute approximate surface area is 134 Å². The van der Waals surface area contributed by atoms with Crippen molar-refractivity contribution in [2.75, 3.05) is 30.7 Å². The third-order valence-electron chi connectivity index (χ3n) is 3.67. The third-order valence-corrected chi connectivity index (χ3v) is 4.19. The monoisotopic (exact) mass is 331 g/mol. The van der Waals surface area contributed by atoms with Crippen LogP contribution in [0.1, 0.15) is 19.3 Å². The molecule has 1 fully saturated rings. The largest absolute Gasteiger partial charge is 0.397 e. The Morgan fingerprint density at radius 3 is 2.67 bits per heavy atom. The molecule has 21 heavy (non-hydrogen) atoms. The number of rotatable bonds is 6. The summed E-state index contributed by atoms with van der Waals surface area (Å²) in [5.74, 6) is -0.203. The van der Waals surface area contributed by atoms with Gasteiger partial charge in [-0.1, -0.05) is 29.6 Å². The molecule has 0 unspecified atom stereocenters. The molecule has 0 heterocycles. The minimum absolute atomic E-state index is 0.0353. The second-order valence-corrected chi connectivity index (χ2v) is 6.02. The number of carbonyl (C=O) groups is 1. The number of nitrogens with two attached hydrogens (primary N) is 1. The van der Waals surface area contributed by atoms with E-state index in [9.17, 15) is 4.79 Å². The zero-order valence-corrected chi connectivity index (χ0v) is 13.1. The van der Waals surface area contributed by atoms with Gasteiger partial charge < -0.3 is 16.2 Å². The van der Waals surface area contributed by atoms with E-state index in [4.69, 9.17) is 34.0 Å². The zero-order valence-electron chi connectivity index (χ0n) is 11.6. The van der Waals surface area contributed by atoms with E-state index in [2.05, 4.69) is 5.32 Å². The van der Waals surface area contributed by atoms with Crippen LogP contribution in [0.5, 0.6) is 0 Å². The summed E-state index contributed by atoms with van der Waals surface area (Å²) in [5.41, 5.74) is 6.53. The molecule has 4 N–H and O–H groups in total. The predicted molar refractivity (Wildman–Crippen MR) is 85.8 cm³/mol. The summed E-state index contributed by atoms with van der Waals surface area (Å²) in [5, 5.41) is 12.6. The summed E-state index contributed by atoms with van der Waals surface area (Å²) in [6, 6.07) is 3.45. The molecule has 1 aromatic rings. The average Bonchev–Trinajstić information content (AvgIpc) is 2.31. The van der Waals surface area contributed by atoms with Gasteiger partial charge in [-0.15, -0.1) is 0 Å². The van der Waals surface area contributed by atoms with Crippen molar-refractivity contribution in [1.29, 1.82) is 0 Å². The molecule has 0 aromatic heterocycles. The number of halogens is 2. The van der Waals surface area contributed by atoms with Gasteiger partial charge in [-0.05, 0) is 25.0 Å². The smallest absolute Gasteiger partial charge is 0.238 e. The number of aliphatic hydroxyl groups is 1. The number of benzene rings is 1. The molecule has 1 aromatic carbocycles. The third kappa shape index (κ3) is 4.23. The van der Waals surface area contributed by atoms with Crippen molar-refractivity contribution in [3.63, 3.8) is 0 Å². The molecule has 0 radical (unpaired) electrons. The number of anilines is 2. The van der Waals surface area contributed by atoms with Crippen LogP contribution in [0, 0.1) is 0 Å². The summed E-state index contributed by atoms with van der Waals surface area (Å²) in [6.45, 7) is 0.735. The van der Waals surface area contributed by atoms with Gasteiger partial charge in [0.25, 0.3) is 0 Å². The molecular formula is C14H19Cl2N3O2. The van der Waals surface area contributed by atoms with E-state index in [-0.39, 0.29) is 19.1 Å². The highest BCUT2D eigenvalue weighted by Gasteiger charge is 2.26. The summed E-state index contributed by atoms with van der Waals surface area (Å²) >= 11 is 11.9. The molecule has 1 saturated carbocycles. The molecular weight excluding hydrogens is 313 g/mol. The molecule has 0 aliphatic heterocycles. The van der Waals surface area contributed by atoms with Crippen LogP contribution in [0.3, 0.4) is 0 Å². The Balaban J connectivity index is 2.00. The first-order valence-electron chi connectivity index (χ1n) is 6.90. The molecule has 1 aliphatic rings. The van der Waals surface area contributed by atoms with Gasteiger partial charge in [0.2, 0.25) is 5.91 Å². The number of carbonyl (C=O) groups excluding carboxylic acids is 1. The quantitative estimate of drug-likeness (QED) is 0.699. The van der Waals surface area contributed by atoms with E-state index < -0.39 is 0 Å². The van der Waals surface area contributed by atoms with Gasteiger partial charge in [0.15, 0.2) is 0 Å². The molecule has 1 amide bonds. The van der Waals surface area contributed by atoms with Crippen LogP contribution in [0.4, 0.5) is 11.4 Å². The predicted octanol–water partition coefficient (Wildman–Crippen LogP) is 2.36. The maximum atomic E-state index is 12.1. The molecule has 7 heteroatoms. The number of nitrogen functional groups attached to an aromatic ring is 1. The SMILES string of the molecule is Nc1cc(Cl)cc(Cl)c1NC(=O)CN(CCO)C1CCC1. The first kappa shape index (κ1) is 16.4. The maximum Gasteiger partial charge on any atom is 0.238 e. The van der Waals surface area contributed by atoms with Crippen LogP contribution in [-0.4, -0.2) is 41.7 Å². The first-order valence-corrected chi connectivity index (χ1v) is 7.66. The van der Waals surface area contributed by atoms with Crippen LogP contribution in [-0.2, 0) is 4.79 Å². The highest BCUT2D eigenvalue weighted by molar-refractivity contribution is 6.37. The van der Waals surface area contributed by atoms with Gasteiger partial charge in [-0.2, -0.15) is 0 Å². The van der Waals surface area contributed by atoms with Crippen molar-refractivity contribution in [1.82, 2.24) is 4.90 Å². The van der Waals surface area contributed by atoms with Crippen LogP contribution in [0.2, 0.25) is 10.0 Å². The number of hydrogen-bond donors (Lipinski definition) is 3. The zero-order chi connectivity index (χ0) is 15.4. The summed E-state index contributed by atoms with van der Waals surface area (Å²) < 4.78 is 0. The first-order chi connectivity index (χ1) is 10.0. The normalized spacial score (nSPS) is 15.0. The number of hydrogen-bond acceptors (Lipinski definition) is 4. The van der Waals surface area contributed by atoms with Crippen molar-refractivity contribution < 1.29 is 9.90 Å². The Hall–Kier alpha value is -1.01. The minimum Gasteiger partial charge on any atom is -0.397 e. The van der Waals surface area contributed by atoms with Gasteiger partial charge >= 0.3 is 0 Å². The second kappa shape index (κ2) is 7.31.